The first kappa shape index (κ1) is 9.71. The summed E-state index contributed by atoms with van der Waals surface area (Å²) in [7, 11) is 1.52. The zero-order valence-corrected chi connectivity index (χ0v) is 8.54. The van der Waals surface area contributed by atoms with E-state index in [0.29, 0.717) is 17.3 Å². The minimum absolute atomic E-state index is 0.283. The van der Waals surface area contributed by atoms with Gasteiger partial charge in [0.25, 0.3) is 6.01 Å². The molecule has 3 nitrogen and oxygen atoms in total. The number of H-pyrrole nitrogens is 1. The number of ether oxygens (including phenoxy) is 1. The summed E-state index contributed by atoms with van der Waals surface area (Å²) in [6.07, 6.45) is 0. The molecule has 0 bridgehead atoms. The van der Waals surface area contributed by atoms with Gasteiger partial charge in [0.15, 0.2) is 0 Å². The van der Waals surface area contributed by atoms with Gasteiger partial charge in [-0.2, -0.15) is 4.98 Å². The van der Waals surface area contributed by atoms with Crippen molar-refractivity contribution in [3.05, 3.63) is 35.8 Å². The number of methoxy groups -OCH3 is 1. The first-order valence-corrected chi connectivity index (χ1v) is 4.58. The number of aryl methyl sites for hydroxylation is 1. The second-order valence-corrected chi connectivity index (χ2v) is 3.20. The summed E-state index contributed by atoms with van der Waals surface area (Å²) in [5.74, 6) is -0.283. The van der Waals surface area contributed by atoms with E-state index in [1.54, 1.807) is 18.2 Å². The molecule has 0 radical (unpaired) electrons. The van der Waals surface area contributed by atoms with E-state index in [-0.39, 0.29) is 5.82 Å². The predicted octanol–water partition coefficient (Wildman–Crippen LogP) is 2.53. The zero-order valence-electron chi connectivity index (χ0n) is 8.54. The molecule has 1 aromatic heterocycles. The predicted molar refractivity (Wildman–Crippen MR) is 55.3 cm³/mol. The van der Waals surface area contributed by atoms with Gasteiger partial charge in [0.2, 0.25) is 0 Å². The molecule has 2 rings (SSSR count). The third-order valence-electron chi connectivity index (χ3n) is 2.19. The van der Waals surface area contributed by atoms with Crippen LogP contribution in [0, 0.1) is 12.7 Å². The Hall–Kier alpha value is -1.84. The van der Waals surface area contributed by atoms with Crippen LogP contribution in [-0.2, 0) is 0 Å². The van der Waals surface area contributed by atoms with Crippen molar-refractivity contribution in [3.8, 4) is 17.3 Å². The number of benzene rings is 1. The highest BCUT2D eigenvalue weighted by molar-refractivity contribution is 5.62. The number of aromatic amines is 1. The van der Waals surface area contributed by atoms with Gasteiger partial charge in [-0.25, -0.2) is 4.39 Å². The van der Waals surface area contributed by atoms with Crippen LogP contribution in [0.1, 0.15) is 5.69 Å². The minimum atomic E-state index is -0.283. The van der Waals surface area contributed by atoms with Crippen molar-refractivity contribution in [2.45, 2.75) is 6.92 Å². The third-order valence-corrected chi connectivity index (χ3v) is 2.19. The van der Waals surface area contributed by atoms with Gasteiger partial charge in [-0.3, -0.25) is 0 Å². The Balaban J connectivity index is 2.54. The van der Waals surface area contributed by atoms with Crippen LogP contribution in [0.5, 0.6) is 6.01 Å². The van der Waals surface area contributed by atoms with Gasteiger partial charge in [0, 0.05) is 11.3 Å². The number of aromatic nitrogens is 2. The van der Waals surface area contributed by atoms with Crippen molar-refractivity contribution in [1.82, 2.24) is 9.97 Å². The molecule has 0 aliphatic carbocycles. The number of imidazole rings is 1. The molecule has 0 spiro atoms. The summed E-state index contributed by atoms with van der Waals surface area (Å²) < 4.78 is 18.4. The van der Waals surface area contributed by atoms with Gasteiger partial charge in [-0.05, 0) is 19.1 Å². The highest BCUT2D eigenvalue weighted by atomic mass is 19.1. The molecule has 0 aliphatic rings. The van der Waals surface area contributed by atoms with E-state index in [0.717, 1.165) is 5.69 Å². The van der Waals surface area contributed by atoms with Crippen LogP contribution in [0.2, 0.25) is 0 Å². The van der Waals surface area contributed by atoms with Crippen molar-refractivity contribution in [1.29, 1.82) is 0 Å². The number of hydrogen-bond acceptors (Lipinski definition) is 2. The fourth-order valence-corrected chi connectivity index (χ4v) is 1.45. The quantitative estimate of drug-likeness (QED) is 0.819. The van der Waals surface area contributed by atoms with E-state index < -0.39 is 0 Å². The lowest BCUT2D eigenvalue weighted by Gasteiger charge is -1.99. The molecule has 1 N–H and O–H groups in total. The molecule has 0 saturated carbocycles. The summed E-state index contributed by atoms with van der Waals surface area (Å²) in [6, 6.07) is 6.93. The molecule has 1 heterocycles. The van der Waals surface area contributed by atoms with Gasteiger partial charge in [-0.15, -0.1) is 0 Å². The molecule has 0 saturated heterocycles. The maximum absolute atomic E-state index is 13.5. The van der Waals surface area contributed by atoms with Crippen LogP contribution in [0.3, 0.4) is 0 Å². The maximum Gasteiger partial charge on any atom is 0.294 e. The van der Waals surface area contributed by atoms with Crippen LogP contribution in [0.4, 0.5) is 4.39 Å². The number of hydrogen-bond donors (Lipinski definition) is 1. The van der Waals surface area contributed by atoms with Crippen LogP contribution in [-0.4, -0.2) is 17.1 Å². The first-order valence-electron chi connectivity index (χ1n) is 4.58. The Morgan fingerprint density at radius 1 is 1.33 bits per heavy atom. The van der Waals surface area contributed by atoms with E-state index in [1.165, 1.54) is 13.2 Å². The molecule has 15 heavy (non-hydrogen) atoms. The molecule has 0 atom stereocenters. The lowest BCUT2D eigenvalue weighted by molar-refractivity contribution is 0.384. The summed E-state index contributed by atoms with van der Waals surface area (Å²) >= 11 is 0. The van der Waals surface area contributed by atoms with Crippen LogP contribution < -0.4 is 4.74 Å². The number of nitrogens with zero attached hydrogens (tertiary/aromatic N) is 1. The zero-order chi connectivity index (χ0) is 10.8. The Morgan fingerprint density at radius 3 is 2.67 bits per heavy atom. The molecule has 0 aliphatic heterocycles. The molecule has 0 fully saturated rings. The van der Waals surface area contributed by atoms with Crippen molar-refractivity contribution < 1.29 is 9.13 Å². The fourth-order valence-electron chi connectivity index (χ4n) is 1.45. The second-order valence-electron chi connectivity index (χ2n) is 3.20. The summed E-state index contributed by atoms with van der Waals surface area (Å²) in [4.78, 5) is 7.06. The fraction of sp³-hybridized carbons (Fsp3) is 0.182. The lowest BCUT2D eigenvalue weighted by atomic mass is 10.1. The van der Waals surface area contributed by atoms with Gasteiger partial charge in [0.1, 0.15) is 5.82 Å². The monoisotopic (exact) mass is 206 g/mol. The highest BCUT2D eigenvalue weighted by Gasteiger charge is 2.12. The van der Waals surface area contributed by atoms with E-state index in [4.69, 9.17) is 4.74 Å². The normalized spacial score (nSPS) is 10.3. The molecular formula is C11H11FN2O. The molecule has 0 unspecified atom stereocenters. The van der Waals surface area contributed by atoms with Gasteiger partial charge < -0.3 is 9.72 Å². The Kier molecular flexibility index (Phi) is 2.41. The SMILES string of the molecule is COc1nc(-c2ccccc2F)c(C)[nH]1. The number of halogens is 1. The first-order chi connectivity index (χ1) is 7.22. The molecule has 2 aromatic rings. The van der Waals surface area contributed by atoms with Crippen molar-refractivity contribution in [2.24, 2.45) is 0 Å². The Morgan fingerprint density at radius 2 is 2.07 bits per heavy atom. The highest BCUT2D eigenvalue weighted by Crippen LogP contribution is 2.25. The number of nitrogens with one attached hydrogen (secondary N) is 1. The second kappa shape index (κ2) is 3.73. The third kappa shape index (κ3) is 1.70. The van der Waals surface area contributed by atoms with Crippen LogP contribution in [0.15, 0.2) is 24.3 Å². The minimum Gasteiger partial charge on any atom is -0.468 e. The van der Waals surface area contributed by atoms with Crippen molar-refractivity contribution >= 4 is 0 Å². The van der Waals surface area contributed by atoms with E-state index in [1.807, 2.05) is 6.92 Å². The molecule has 0 amide bonds. The largest absolute Gasteiger partial charge is 0.468 e. The van der Waals surface area contributed by atoms with Gasteiger partial charge in [-0.1, -0.05) is 12.1 Å². The topological polar surface area (TPSA) is 37.9 Å². The standard InChI is InChI=1S/C11H11FN2O/c1-7-10(14-11(13-7)15-2)8-5-3-4-6-9(8)12/h3-6H,1-2H3,(H,13,14). The summed E-state index contributed by atoms with van der Waals surface area (Å²) in [5, 5.41) is 0. The van der Waals surface area contributed by atoms with Crippen LogP contribution in [0.25, 0.3) is 11.3 Å². The molecule has 1 aromatic carbocycles. The molecule has 78 valence electrons. The Bertz CT molecular complexity index is 479. The molecule has 4 heteroatoms. The lowest BCUT2D eigenvalue weighted by Crippen LogP contribution is -1.86. The van der Waals surface area contributed by atoms with Gasteiger partial charge >= 0.3 is 0 Å². The Labute approximate surface area is 86.9 Å². The van der Waals surface area contributed by atoms with E-state index in [9.17, 15) is 4.39 Å². The smallest absolute Gasteiger partial charge is 0.294 e. The number of rotatable bonds is 2. The van der Waals surface area contributed by atoms with Crippen molar-refractivity contribution in [3.63, 3.8) is 0 Å². The summed E-state index contributed by atoms with van der Waals surface area (Å²) in [5.41, 5.74) is 1.86. The van der Waals surface area contributed by atoms with Crippen LogP contribution >= 0.6 is 0 Å². The maximum atomic E-state index is 13.5. The van der Waals surface area contributed by atoms with E-state index in [2.05, 4.69) is 9.97 Å². The van der Waals surface area contributed by atoms with Crippen molar-refractivity contribution in [2.75, 3.05) is 7.11 Å². The van der Waals surface area contributed by atoms with Gasteiger partial charge in [0.05, 0.1) is 12.8 Å². The average molecular weight is 206 g/mol. The summed E-state index contributed by atoms with van der Waals surface area (Å²) in [6.45, 7) is 1.83. The average Bonchev–Trinajstić information content (AvgIpc) is 2.60. The van der Waals surface area contributed by atoms with E-state index >= 15 is 0 Å². The molecular weight excluding hydrogens is 195 g/mol.